The summed E-state index contributed by atoms with van der Waals surface area (Å²) >= 11 is 1.66. The molecular formula is C9H14O4S. The van der Waals surface area contributed by atoms with Crippen LogP contribution in [0.2, 0.25) is 0 Å². The monoisotopic (exact) mass is 218 g/mol. The molecule has 80 valence electrons. The fourth-order valence-electron chi connectivity index (χ4n) is 1.36. The molecule has 4 nitrogen and oxygen atoms in total. The van der Waals surface area contributed by atoms with Gasteiger partial charge < -0.3 is 9.47 Å². The van der Waals surface area contributed by atoms with Gasteiger partial charge in [0.05, 0.1) is 27.1 Å². The molecular weight excluding hydrogens is 204 g/mol. The van der Waals surface area contributed by atoms with Gasteiger partial charge in [-0.05, 0) is 6.42 Å². The van der Waals surface area contributed by atoms with Gasteiger partial charge in [-0.25, -0.2) is 0 Å². The summed E-state index contributed by atoms with van der Waals surface area (Å²) in [5.41, 5.74) is 0. The third-order valence-electron chi connectivity index (χ3n) is 2.15. The number of ether oxygens (including phenoxy) is 2. The molecule has 1 fully saturated rings. The van der Waals surface area contributed by atoms with E-state index in [2.05, 4.69) is 9.47 Å². The lowest BCUT2D eigenvalue weighted by Gasteiger charge is -2.33. The van der Waals surface area contributed by atoms with Crippen LogP contribution in [-0.4, -0.2) is 36.7 Å². The summed E-state index contributed by atoms with van der Waals surface area (Å²) in [6, 6.07) is 0. The molecule has 1 saturated heterocycles. The molecule has 0 bridgehead atoms. The Morgan fingerprint density at radius 1 is 1.14 bits per heavy atom. The van der Waals surface area contributed by atoms with Crippen LogP contribution in [0.25, 0.3) is 0 Å². The van der Waals surface area contributed by atoms with Gasteiger partial charge in [-0.15, -0.1) is 0 Å². The molecule has 0 spiro atoms. The Morgan fingerprint density at radius 3 is 1.79 bits per heavy atom. The minimum Gasteiger partial charge on any atom is -0.469 e. The molecule has 0 amide bonds. The molecule has 0 aromatic rings. The van der Waals surface area contributed by atoms with E-state index in [4.69, 9.17) is 0 Å². The highest BCUT2D eigenvalue weighted by molar-refractivity contribution is 8.01. The van der Waals surface area contributed by atoms with Crippen molar-refractivity contribution in [1.82, 2.24) is 0 Å². The highest BCUT2D eigenvalue weighted by Crippen LogP contribution is 2.40. The quantitative estimate of drug-likeness (QED) is 0.658. The van der Waals surface area contributed by atoms with Crippen LogP contribution in [-0.2, 0) is 19.1 Å². The smallest absolute Gasteiger partial charge is 0.306 e. The largest absolute Gasteiger partial charge is 0.469 e. The Kier molecular flexibility index (Phi) is 4.25. The third-order valence-corrected chi connectivity index (χ3v) is 3.64. The third kappa shape index (κ3) is 3.21. The summed E-state index contributed by atoms with van der Waals surface area (Å²) in [5.74, 6) is -0.363. The van der Waals surface area contributed by atoms with Crippen LogP contribution >= 0.6 is 11.8 Å². The molecule has 0 N–H and O–H groups in total. The lowest BCUT2D eigenvalue weighted by molar-refractivity contribution is -0.140. The fourth-order valence-corrected chi connectivity index (χ4v) is 2.69. The molecule has 0 saturated carbocycles. The first-order chi connectivity index (χ1) is 6.65. The first-order valence-corrected chi connectivity index (χ1v) is 5.39. The lowest BCUT2D eigenvalue weighted by atomic mass is 10.1. The summed E-state index contributed by atoms with van der Waals surface area (Å²) in [6.07, 6.45) is 1.78. The van der Waals surface area contributed by atoms with E-state index in [1.54, 1.807) is 11.8 Å². The fraction of sp³-hybridized carbons (Fsp3) is 0.778. The normalized spacial score (nSPS) is 25.0. The number of rotatable bonds is 4. The predicted octanol–water partition coefficient (Wildman–Crippen LogP) is 0.987. The molecule has 2 atom stereocenters. The van der Waals surface area contributed by atoms with Crippen LogP contribution in [0.4, 0.5) is 0 Å². The van der Waals surface area contributed by atoms with Gasteiger partial charge in [-0.3, -0.25) is 9.59 Å². The number of hydrogen-bond acceptors (Lipinski definition) is 5. The summed E-state index contributed by atoms with van der Waals surface area (Å²) in [6.45, 7) is 0. The zero-order chi connectivity index (χ0) is 10.6. The Labute approximate surface area is 87.3 Å². The number of methoxy groups -OCH3 is 2. The van der Waals surface area contributed by atoms with E-state index in [-0.39, 0.29) is 11.9 Å². The summed E-state index contributed by atoms with van der Waals surface area (Å²) in [7, 11) is 2.77. The number of hydrogen-bond donors (Lipinski definition) is 0. The SMILES string of the molecule is COC(=O)C[C@H]1C[C@H](CC(=O)OC)S1. The maximum absolute atomic E-state index is 10.9. The second-order valence-corrected chi connectivity index (χ2v) is 4.78. The molecule has 0 unspecified atom stereocenters. The van der Waals surface area contributed by atoms with Gasteiger partial charge >= 0.3 is 11.9 Å². The topological polar surface area (TPSA) is 52.6 Å². The van der Waals surface area contributed by atoms with Crippen molar-refractivity contribution in [1.29, 1.82) is 0 Å². The van der Waals surface area contributed by atoms with Gasteiger partial charge in [0.15, 0.2) is 0 Å². The van der Waals surface area contributed by atoms with Crippen molar-refractivity contribution in [2.45, 2.75) is 29.8 Å². The maximum Gasteiger partial charge on any atom is 0.306 e. The van der Waals surface area contributed by atoms with E-state index in [1.807, 2.05) is 0 Å². The van der Waals surface area contributed by atoms with Crippen molar-refractivity contribution in [3.8, 4) is 0 Å². The molecule has 0 aliphatic carbocycles. The summed E-state index contributed by atoms with van der Waals surface area (Å²) in [4.78, 5) is 21.7. The first kappa shape index (κ1) is 11.4. The van der Waals surface area contributed by atoms with Crippen LogP contribution in [0.15, 0.2) is 0 Å². The zero-order valence-electron chi connectivity index (χ0n) is 8.32. The minimum atomic E-state index is -0.181. The van der Waals surface area contributed by atoms with Crippen molar-refractivity contribution in [3.63, 3.8) is 0 Å². The minimum absolute atomic E-state index is 0.181. The standard InChI is InChI=1S/C9H14O4S/c1-12-8(10)4-6-3-7(14-6)5-9(11)13-2/h6-7H,3-5H2,1-2H3/t6-,7-/m1/s1. The van der Waals surface area contributed by atoms with Crippen LogP contribution in [0.1, 0.15) is 19.3 Å². The second kappa shape index (κ2) is 5.24. The number of carbonyl (C=O) groups excluding carboxylic acids is 2. The Hall–Kier alpha value is -0.710. The Bertz CT molecular complexity index is 201. The van der Waals surface area contributed by atoms with E-state index in [0.717, 1.165) is 6.42 Å². The maximum atomic E-state index is 10.9. The number of carbonyl (C=O) groups is 2. The van der Waals surface area contributed by atoms with Crippen LogP contribution in [0.5, 0.6) is 0 Å². The first-order valence-electron chi connectivity index (χ1n) is 4.44. The van der Waals surface area contributed by atoms with Gasteiger partial charge in [0.2, 0.25) is 0 Å². The van der Waals surface area contributed by atoms with Crippen molar-refractivity contribution in [3.05, 3.63) is 0 Å². The molecule has 1 heterocycles. The average Bonchev–Trinajstić information content (AvgIpc) is 2.13. The molecule has 1 rings (SSSR count). The van der Waals surface area contributed by atoms with Crippen LogP contribution in [0.3, 0.4) is 0 Å². The molecule has 1 aliphatic rings. The zero-order valence-corrected chi connectivity index (χ0v) is 9.13. The van der Waals surface area contributed by atoms with Gasteiger partial charge in [-0.2, -0.15) is 11.8 Å². The van der Waals surface area contributed by atoms with Crippen molar-refractivity contribution >= 4 is 23.7 Å². The number of esters is 2. The average molecular weight is 218 g/mol. The van der Waals surface area contributed by atoms with Gasteiger partial charge in [0, 0.05) is 10.5 Å². The predicted molar refractivity (Wildman–Crippen MR) is 53.1 cm³/mol. The van der Waals surface area contributed by atoms with Gasteiger partial charge in [0.25, 0.3) is 0 Å². The van der Waals surface area contributed by atoms with Crippen LogP contribution in [0, 0.1) is 0 Å². The van der Waals surface area contributed by atoms with Crippen molar-refractivity contribution in [2.75, 3.05) is 14.2 Å². The Balaban J connectivity index is 2.11. The summed E-state index contributed by atoms with van der Waals surface area (Å²) < 4.78 is 9.10. The van der Waals surface area contributed by atoms with Crippen molar-refractivity contribution < 1.29 is 19.1 Å². The molecule has 0 aromatic heterocycles. The number of thioether (sulfide) groups is 1. The van der Waals surface area contributed by atoms with E-state index < -0.39 is 0 Å². The van der Waals surface area contributed by atoms with E-state index >= 15 is 0 Å². The molecule has 0 aromatic carbocycles. The molecule has 14 heavy (non-hydrogen) atoms. The molecule has 1 aliphatic heterocycles. The van der Waals surface area contributed by atoms with E-state index in [1.165, 1.54) is 14.2 Å². The highest BCUT2D eigenvalue weighted by Gasteiger charge is 2.33. The molecule has 0 radical (unpaired) electrons. The second-order valence-electron chi connectivity index (χ2n) is 3.18. The molecule has 5 heteroatoms. The lowest BCUT2D eigenvalue weighted by Crippen LogP contribution is -2.31. The van der Waals surface area contributed by atoms with Crippen LogP contribution < -0.4 is 0 Å². The van der Waals surface area contributed by atoms with Gasteiger partial charge in [-0.1, -0.05) is 0 Å². The van der Waals surface area contributed by atoms with Crippen molar-refractivity contribution in [2.24, 2.45) is 0 Å². The van der Waals surface area contributed by atoms with E-state index in [0.29, 0.717) is 23.3 Å². The van der Waals surface area contributed by atoms with E-state index in [9.17, 15) is 9.59 Å². The van der Waals surface area contributed by atoms with Gasteiger partial charge in [0.1, 0.15) is 0 Å². The highest BCUT2D eigenvalue weighted by atomic mass is 32.2. The Morgan fingerprint density at radius 2 is 1.50 bits per heavy atom. The summed E-state index contributed by atoms with van der Waals surface area (Å²) in [5, 5.41) is 0.634.